The van der Waals surface area contributed by atoms with Gasteiger partial charge in [0.25, 0.3) is 0 Å². The predicted octanol–water partition coefficient (Wildman–Crippen LogP) is 3.15. The molecule has 0 bridgehead atoms. The van der Waals surface area contributed by atoms with Crippen LogP contribution in [0.5, 0.6) is 0 Å². The summed E-state index contributed by atoms with van der Waals surface area (Å²) in [5, 5.41) is 0. The van der Waals surface area contributed by atoms with E-state index < -0.39 is 30.8 Å². The Kier molecular flexibility index (Phi) is 2.85. The van der Waals surface area contributed by atoms with Crippen molar-refractivity contribution in [1.82, 2.24) is 0 Å². The van der Waals surface area contributed by atoms with E-state index >= 15 is 0 Å². The summed E-state index contributed by atoms with van der Waals surface area (Å²) in [6.45, 7) is 0. The Labute approximate surface area is 102 Å². The Morgan fingerprint density at radius 1 is 1.06 bits per heavy atom. The molecule has 0 saturated heterocycles. The lowest BCUT2D eigenvalue weighted by molar-refractivity contribution is -0.0570. The van der Waals surface area contributed by atoms with Gasteiger partial charge in [0, 0.05) is 35.1 Å². The summed E-state index contributed by atoms with van der Waals surface area (Å²) in [4.78, 5) is 1.27. The van der Waals surface area contributed by atoms with Crippen molar-refractivity contribution in [2.75, 3.05) is 22.1 Å². The normalized spacial score (nSPS) is 16.4. The van der Waals surface area contributed by atoms with Crippen LogP contribution in [-0.4, -0.2) is 23.9 Å². The van der Waals surface area contributed by atoms with E-state index in [2.05, 4.69) is 0 Å². The molecule has 1 aromatic carbocycles. The molecule has 0 N–H and O–H groups in total. The monoisotopic (exact) mass is 342 g/mol. The molecular weight excluding hydrogens is 332 g/mol. The van der Waals surface area contributed by atoms with E-state index in [0.29, 0.717) is 5.69 Å². The van der Waals surface area contributed by atoms with E-state index in [0.717, 1.165) is 5.69 Å². The molecule has 0 aliphatic carbocycles. The number of alkyl halides is 3. The second kappa shape index (κ2) is 3.90. The zero-order valence-corrected chi connectivity index (χ0v) is 10.9. The highest BCUT2D eigenvalue weighted by Gasteiger charge is 2.40. The van der Waals surface area contributed by atoms with Crippen molar-refractivity contribution >= 4 is 36.0 Å². The minimum Gasteiger partial charge on any atom is -0.333 e. The molecule has 1 heterocycles. The minimum absolute atomic E-state index is 0.424. The van der Waals surface area contributed by atoms with E-state index in [9.17, 15) is 13.2 Å². The van der Waals surface area contributed by atoms with E-state index in [-0.39, 0.29) is 0 Å². The maximum Gasteiger partial charge on any atom is 0.438 e. The van der Waals surface area contributed by atoms with Crippen molar-refractivity contribution in [2.24, 2.45) is 0 Å². The van der Waals surface area contributed by atoms with Gasteiger partial charge >= 0.3 is 6.18 Å². The SMILES string of the molecule is CN1I=C(C(F)(F)F)N(C)c2ccccc21. The fourth-order valence-corrected chi connectivity index (χ4v) is 3.78. The molecular formula is C10H10F3IN2. The third-order valence-corrected chi connectivity index (χ3v) is 5.35. The largest absolute Gasteiger partial charge is 0.438 e. The second-order valence-corrected chi connectivity index (χ2v) is 6.35. The average molecular weight is 342 g/mol. The van der Waals surface area contributed by atoms with E-state index in [1.54, 1.807) is 22.3 Å². The topological polar surface area (TPSA) is 6.48 Å². The van der Waals surface area contributed by atoms with Crippen molar-refractivity contribution in [1.29, 1.82) is 0 Å². The molecule has 0 radical (unpaired) electrons. The first-order chi connectivity index (χ1) is 7.41. The van der Waals surface area contributed by atoms with Crippen LogP contribution in [-0.2, 0) is 0 Å². The van der Waals surface area contributed by atoms with Crippen LogP contribution in [0.4, 0.5) is 24.5 Å². The summed E-state index contributed by atoms with van der Waals surface area (Å²) in [5.74, 6) is 0. The molecule has 2 rings (SSSR count). The van der Waals surface area contributed by atoms with Crippen LogP contribution in [0.25, 0.3) is 0 Å². The Balaban J connectivity index is 2.51. The number of hydrogen-bond donors (Lipinski definition) is 0. The molecule has 1 aliphatic heterocycles. The van der Waals surface area contributed by atoms with Crippen LogP contribution in [0.2, 0.25) is 0 Å². The number of rotatable bonds is 0. The molecule has 16 heavy (non-hydrogen) atoms. The molecule has 88 valence electrons. The fourth-order valence-electron chi connectivity index (χ4n) is 1.57. The predicted molar refractivity (Wildman–Crippen MR) is 68.3 cm³/mol. The minimum atomic E-state index is -4.23. The first kappa shape index (κ1) is 11.7. The molecule has 1 aromatic rings. The molecule has 0 saturated carbocycles. The van der Waals surface area contributed by atoms with Gasteiger partial charge < -0.3 is 8.01 Å². The van der Waals surface area contributed by atoms with Gasteiger partial charge in [-0.3, -0.25) is 0 Å². The zero-order chi connectivity index (χ0) is 11.9. The number of benzene rings is 1. The van der Waals surface area contributed by atoms with Crippen molar-refractivity contribution in [3.8, 4) is 0 Å². The Morgan fingerprint density at radius 2 is 1.62 bits per heavy atom. The smallest absolute Gasteiger partial charge is 0.333 e. The lowest BCUT2D eigenvalue weighted by atomic mass is 10.2. The number of hydrogen-bond acceptors (Lipinski definition) is 2. The first-order valence-electron chi connectivity index (χ1n) is 4.57. The van der Waals surface area contributed by atoms with Gasteiger partial charge in [-0.2, -0.15) is 13.2 Å². The van der Waals surface area contributed by atoms with Gasteiger partial charge in [-0.15, -0.1) is 0 Å². The highest BCUT2D eigenvalue weighted by Crippen LogP contribution is 2.40. The van der Waals surface area contributed by atoms with Crippen LogP contribution >= 0.6 is 21.0 Å². The molecule has 0 atom stereocenters. The summed E-state index contributed by atoms with van der Waals surface area (Å²) in [5.41, 5.74) is 1.48. The van der Waals surface area contributed by atoms with Crippen molar-refractivity contribution in [2.45, 2.75) is 6.18 Å². The summed E-state index contributed by atoms with van der Waals surface area (Å²) in [6, 6.07) is 7.14. The highest BCUT2D eigenvalue weighted by atomic mass is 127. The Morgan fingerprint density at radius 3 is 2.19 bits per heavy atom. The summed E-state index contributed by atoms with van der Waals surface area (Å²) >= 11 is -1.18. The zero-order valence-electron chi connectivity index (χ0n) is 8.72. The van der Waals surface area contributed by atoms with Gasteiger partial charge in [-0.25, -0.2) is 0 Å². The van der Waals surface area contributed by atoms with Gasteiger partial charge in [-0.05, 0) is 12.1 Å². The molecule has 1 aliphatic rings. The number of nitrogens with zero attached hydrogens (tertiary/aromatic N) is 2. The molecule has 0 spiro atoms. The fraction of sp³-hybridized carbons (Fsp3) is 0.300. The molecule has 6 heteroatoms. The highest BCUT2D eigenvalue weighted by molar-refractivity contribution is 14.2. The van der Waals surface area contributed by atoms with E-state index in [1.165, 1.54) is 11.9 Å². The Bertz CT molecular complexity index is 442. The third-order valence-electron chi connectivity index (χ3n) is 2.31. The van der Waals surface area contributed by atoms with Crippen LogP contribution in [0.1, 0.15) is 0 Å². The van der Waals surface area contributed by atoms with Crippen molar-refractivity contribution < 1.29 is 13.2 Å². The van der Waals surface area contributed by atoms with Gasteiger partial charge in [0.05, 0.1) is 11.4 Å². The lowest BCUT2D eigenvalue weighted by Gasteiger charge is -2.33. The molecule has 0 unspecified atom stereocenters. The molecule has 0 fully saturated rings. The number of para-hydroxylation sites is 2. The van der Waals surface area contributed by atoms with E-state index in [4.69, 9.17) is 0 Å². The second-order valence-electron chi connectivity index (χ2n) is 3.40. The van der Waals surface area contributed by atoms with Crippen LogP contribution in [0.15, 0.2) is 24.3 Å². The van der Waals surface area contributed by atoms with Gasteiger partial charge in [0.1, 0.15) is 0 Å². The number of halogens is 4. The molecule has 2 nitrogen and oxygen atoms in total. The number of anilines is 2. The van der Waals surface area contributed by atoms with Crippen molar-refractivity contribution in [3.05, 3.63) is 24.3 Å². The molecule has 0 amide bonds. The first-order valence-corrected chi connectivity index (χ1v) is 6.61. The van der Waals surface area contributed by atoms with Crippen LogP contribution < -0.4 is 8.01 Å². The number of fused-ring (bicyclic) bond motifs is 1. The summed E-state index contributed by atoms with van der Waals surface area (Å²) < 4.78 is 39.6. The Hall–Kier alpha value is -0.790. The lowest BCUT2D eigenvalue weighted by Crippen LogP contribution is -2.40. The van der Waals surface area contributed by atoms with Crippen molar-refractivity contribution in [3.63, 3.8) is 0 Å². The standard InChI is InChI=1S/C10H10F3IN2/c1-15-7-5-3-4-6-8(7)16(2)14-9(15)10(11,12)13/h3-6H,1-2H3. The van der Waals surface area contributed by atoms with Crippen LogP contribution in [0.3, 0.4) is 0 Å². The van der Waals surface area contributed by atoms with Gasteiger partial charge in [0.2, 0.25) is 0 Å². The average Bonchev–Trinajstić information content (AvgIpc) is 2.22. The van der Waals surface area contributed by atoms with Gasteiger partial charge in [0.15, 0.2) is 3.63 Å². The van der Waals surface area contributed by atoms with Crippen LogP contribution in [0, 0.1) is 0 Å². The third kappa shape index (κ3) is 1.90. The summed E-state index contributed by atoms with van der Waals surface area (Å²) in [6.07, 6.45) is -4.23. The quantitative estimate of drug-likeness (QED) is 0.528. The maximum atomic E-state index is 12.8. The van der Waals surface area contributed by atoms with Gasteiger partial charge in [-0.1, -0.05) is 12.1 Å². The summed E-state index contributed by atoms with van der Waals surface area (Å²) in [7, 11) is 3.19. The molecule has 0 aromatic heterocycles. The maximum absolute atomic E-state index is 12.8. The van der Waals surface area contributed by atoms with E-state index in [1.807, 2.05) is 12.1 Å².